The van der Waals surface area contributed by atoms with Gasteiger partial charge in [0.05, 0.1) is 5.25 Å². The molecule has 312 valence electrons. The Morgan fingerprint density at radius 2 is 1.70 bits per heavy atom. The standard InChI is InChI=1S/C41H58N6O9S/c1-42-20-28-25(17-24-11-15-44-16-12-24)19-26-18-23-5-7-27(8-6-23)41(13-3-4-14-41)35(34-32(26)33(28)40(55)56-34)57-21-30(36(49)47-37(50)39(53)54)46-31(48)10-9-29(38(51)52)45-22-43-2/h11-12,15-16,23,26-27,29-30,33,35,37,42-43,45,50H,3-10,13-14,17-22H2,1-2H3,(H,46,48)(H,47,49)(H,51,52)(H,53,54)/t23?,26-,27?,29-,30-,33+,35-,37-/m0/s1. The van der Waals surface area contributed by atoms with E-state index in [0.717, 1.165) is 80.9 Å². The highest BCUT2D eigenvalue weighted by molar-refractivity contribution is 8.00. The van der Waals surface area contributed by atoms with E-state index in [1.165, 1.54) is 17.3 Å². The topological polar surface area (TPSA) is 228 Å². The second-order valence-electron chi connectivity index (χ2n) is 16.4. The zero-order chi connectivity index (χ0) is 40.7. The highest BCUT2D eigenvalue weighted by Gasteiger charge is 2.56. The van der Waals surface area contributed by atoms with Gasteiger partial charge in [-0.15, -0.1) is 11.8 Å². The number of likely N-dealkylation sites (N-methyl/N-ethyl adjacent to an activating group) is 1. The molecule has 2 fully saturated rings. The van der Waals surface area contributed by atoms with Crippen LogP contribution in [0.1, 0.15) is 82.6 Å². The third kappa shape index (κ3) is 9.73. The molecule has 6 aliphatic rings. The van der Waals surface area contributed by atoms with Crippen LogP contribution in [0.5, 0.6) is 0 Å². The van der Waals surface area contributed by atoms with Crippen LogP contribution in [0.2, 0.25) is 0 Å². The number of carbonyl (C=O) groups is 5. The minimum Gasteiger partial charge on any atom is -0.480 e. The molecule has 5 aliphatic carbocycles. The third-order valence-corrected chi connectivity index (χ3v) is 14.5. The van der Waals surface area contributed by atoms with Crippen molar-refractivity contribution in [3.63, 3.8) is 0 Å². The largest absolute Gasteiger partial charge is 0.480 e. The van der Waals surface area contributed by atoms with Gasteiger partial charge in [0, 0.05) is 37.8 Å². The Bertz CT molecular complexity index is 1710. The summed E-state index contributed by atoms with van der Waals surface area (Å²) in [4.78, 5) is 69.0. The lowest BCUT2D eigenvalue weighted by Gasteiger charge is -2.49. The van der Waals surface area contributed by atoms with Crippen LogP contribution in [-0.2, 0) is 35.1 Å². The summed E-state index contributed by atoms with van der Waals surface area (Å²) >= 11 is 1.46. The number of rotatable bonds is 18. The Hall–Kier alpha value is -3.83. The van der Waals surface area contributed by atoms with E-state index >= 15 is 0 Å². The lowest BCUT2D eigenvalue weighted by atomic mass is 9.59. The summed E-state index contributed by atoms with van der Waals surface area (Å²) in [6, 6.07) is 1.74. The van der Waals surface area contributed by atoms with Gasteiger partial charge in [-0.3, -0.25) is 29.5 Å². The maximum atomic E-state index is 14.4. The van der Waals surface area contributed by atoms with Crippen LogP contribution < -0.4 is 26.6 Å². The first kappa shape index (κ1) is 42.8. The molecule has 8 N–H and O–H groups in total. The predicted octanol–water partition coefficient (Wildman–Crippen LogP) is 2.46. The fourth-order valence-corrected chi connectivity index (χ4v) is 12.0. The van der Waals surface area contributed by atoms with Crippen molar-refractivity contribution < 1.29 is 44.0 Å². The molecule has 2 amide bonds. The number of nitrogens with one attached hydrogen (secondary N) is 5. The van der Waals surface area contributed by atoms with Crippen molar-refractivity contribution in [1.82, 2.24) is 31.6 Å². The van der Waals surface area contributed by atoms with Crippen molar-refractivity contribution in [1.29, 1.82) is 0 Å². The van der Waals surface area contributed by atoms with Gasteiger partial charge in [0.2, 0.25) is 18.0 Å². The number of hydrogen-bond acceptors (Lipinski definition) is 12. The molecule has 7 rings (SSSR count). The summed E-state index contributed by atoms with van der Waals surface area (Å²) in [5.74, 6) is -3.34. The number of nitrogens with zero attached hydrogens (tertiary/aromatic N) is 1. The number of allylic oxidation sites excluding steroid dienone is 1. The quantitative estimate of drug-likeness (QED) is 0.0606. The molecule has 1 aliphatic heterocycles. The van der Waals surface area contributed by atoms with E-state index < -0.39 is 48.0 Å². The van der Waals surface area contributed by atoms with E-state index in [1.807, 2.05) is 19.2 Å². The predicted molar refractivity (Wildman–Crippen MR) is 212 cm³/mol. The molecular weight excluding hydrogens is 753 g/mol. The number of esters is 1. The highest BCUT2D eigenvalue weighted by Crippen LogP contribution is 2.62. The number of aromatic nitrogens is 1. The van der Waals surface area contributed by atoms with Gasteiger partial charge in [-0.25, -0.2) is 4.79 Å². The number of amides is 2. The first-order valence-corrected chi connectivity index (χ1v) is 21.4. The molecule has 16 heteroatoms. The number of hydrogen-bond donors (Lipinski definition) is 8. The normalized spacial score (nSPS) is 26.7. The Kier molecular flexibility index (Phi) is 14.5. The summed E-state index contributed by atoms with van der Waals surface area (Å²) in [6.07, 6.45) is 11.9. The molecule has 0 aromatic carbocycles. The van der Waals surface area contributed by atoms with E-state index in [9.17, 15) is 39.3 Å². The van der Waals surface area contributed by atoms with Crippen LogP contribution >= 0.6 is 11.8 Å². The molecule has 2 saturated carbocycles. The smallest absolute Gasteiger partial charge is 0.353 e. The maximum Gasteiger partial charge on any atom is 0.353 e. The van der Waals surface area contributed by atoms with E-state index in [-0.39, 0.29) is 47.8 Å². The SMILES string of the molecule is CNCN[C@@H](CCC(=O)N[C@@H](CS[C@H]1C2=C3[C@H](CC(Cc4ccncc4)=C(CNC)[C@H]3C(=O)O2)CC2CCC(CC2)C12CCCC2)C(=O)N[C@@H](O)C(=O)O)C(=O)O. The zero-order valence-corrected chi connectivity index (χ0v) is 33.7. The number of carboxylic acid groups (broad SMARTS) is 2. The number of pyridine rings is 1. The molecule has 0 radical (unpaired) electrons. The number of thioether (sulfide) groups is 1. The van der Waals surface area contributed by atoms with Gasteiger partial charge in [0.1, 0.15) is 23.8 Å². The fraction of sp³-hybridized carbons (Fsp3) is 0.659. The lowest BCUT2D eigenvalue weighted by molar-refractivity contribution is -0.151. The van der Waals surface area contributed by atoms with Crippen molar-refractivity contribution >= 4 is 41.5 Å². The molecular formula is C41H58N6O9S. The van der Waals surface area contributed by atoms with Gasteiger partial charge in [0.25, 0.3) is 0 Å². The molecule has 2 bridgehead atoms. The number of fused-ring (bicyclic) bond motifs is 2. The second kappa shape index (κ2) is 19.3. The van der Waals surface area contributed by atoms with Gasteiger partial charge in [-0.2, -0.15) is 0 Å². The summed E-state index contributed by atoms with van der Waals surface area (Å²) in [7, 11) is 3.54. The second-order valence-corrected chi connectivity index (χ2v) is 17.5. The van der Waals surface area contributed by atoms with Gasteiger partial charge in [-0.05, 0) is 117 Å². The highest BCUT2D eigenvalue weighted by atomic mass is 32.2. The minimum atomic E-state index is -2.20. The molecule has 6 atom stereocenters. The van der Waals surface area contributed by atoms with Crippen LogP contribution in [0.4, 0.5) is 0 Å². The maximum absolute atomic E-state index is 14.4. The molecule has 0 unspecified atom stereocenters. The molecule has 1 spiro atoms. The van der Waals surface area contributed by atoms with Crippen molar-refractivity contribution in [3.8, 4) is 0 Å². The first-order valence-electron chi connectivity index (χ1n) is 20.4. The summed E-state index contributed by atoms with van der Waals surface area (Å²) < 4.78 is 6.56. The summed E-state index contributed by atoms with van der Waals surface area (Å²) in [5, 5.41) is 42.6. The summed E-state index contributed by atoms with van der Waals surface area (Å²) in [6.45, 7) is 0.743. The lowest BCUT2D eigenvalue weighted by Crippen LogP contribution is -2.53. The molecule has 1 aromatic rings. The third-order valence-electron chi connectivity index (χ3n) is 13.0. The van der Waals surface area contributed by atoms with Crippen LogP contribution in [0.25, 0.3) is 0 Å². The summed E-state index contributed by atoms with van der Waals surface area (Å²) in [5.41, 5.74) is 4.26. The Labute approximate surface area is 338 Å². The number of carboxylic acids is 2. The Morgan fingerprint density at radius 1 is 0.982 bits per heavy atom. The van der Waals surface area contributed by atoms with Crippen LogP contribution in [0.15, 0.2) is 47.0 Å². The Balaban J connectivity index is 1.37. The van der Waals surface area contributed by atoms with Gasteiger partial charge >= 0.3 is 17.9 Å². The minimum absolute atomic E-state index is 0.00219. The molecule has 2 heterocycles. The molecule has 1 aromatic heterocycles. The molecule has 57 heavy (non-hydrogen) atoms. The average molecular weight is 811 g/mol. The van der Waals surface area contributed by atoms with Crippen LogP contribution in [-0.4, -0.2) is 107 Å². The van der Waals surface area contributed by atoms with Crippen LogP contribution in [0.3, 0.4) is 0 Å². The zero-order valence-electron chi connectivity index (χ0n) is 32.9. The van der Waals surface area contributed by atoms with Crippen LogP contribution in [0, 0.1) is 29.1 Å². The van der Waals surface area contributed by atoms with Crippen molar-refractivity contribution in [2.45, 2.75) is 107 Å². The van der Waals surface area contributed by atoms with E-state index in [0.29, 0.717) is 30.6 Å². The molecule has 15 nitrogen and oxygen atoms in total. The van der Waals surface area contributed by atoms with Crippen molar-refractivity contribution in [3.05, 3.63) is 52.6 Å². The van der Waals surface area contributed by atoms with E-state index in [2.05, 4.69) is 31.6 Å². The average Bonchev–Trinajstić information content (AvgIpc) is 3.82. The fourth-order valence-electron chi connectivity index (χ4n) is 10.3. The first-order chi connectivity index (χ1) is 27.4. The number of aliphatic hydroxyl groups excluding tert-OH is 1. The molecule has 0 saturated heterocycles. The van der Waals surface area contributed by atoms with Crippen molar-refractivity contribution in [2.24, 2.45) is 29.1 Å². The van der Waals surface area contributed by atoms with E-state index in [1.54, 1.807) is 19.4 Å². The van der Waals surface area contributed by atoms with Gasteiger partial charge in [-0.1, -0.05) is 31.3 Å². The number of carbonyl (C=O) groups excluding carboxylic acids is 3. The number of aliphatic carboxylic acids is 2. The monoisotopic (exact) mass is 810 g/mol. The van der Waals surface area contributed by atoms with Gasteiger partial charge < -0.3 is 41.3 Å². The number of ether oxygens (including phenoxy) is 1. The Morgan fingerprint density at radius 3 is 2.35 bits per heavy atom. The van der Waals surface area contributed by atoms with E-state index in [4.69, 9.17) is 4.74 Å². The van der Waals surface area contributed by atoms with Gasteiger partial charge in [0.15, 0.2) is 0 Å². The number of aliphatic hydroxyl groups is 1. The van der Waals surface area contributed by atoms with Crippen molar-refractivity contribution in [2.75, 3.05) is 33.1 Å².